The van der Waals surface area contributed by atoms with Crippen molar-refractivity contribution in [2.24, 2.45) is 5.92 Å². The molecule has 0 radical (unpaired) electrons. The number of methoxy groups -OCH3 is 1. The Bertz CT molecular complexity index is 1030. The summed E-state index contributed by atoms with van der Waals surface area (Å²) >= 11 is 0. The number of ether oxygens (including phenoxy) is 1. The van der Waals surface area contributed by atoms with Crippen molar-refractivity contribution in [1.29, 1.82) is 0 Å². The van der Waals surface area contributed by atoms with Crippen LogP contribution in [-0.2, 0) is 4.79 Å². The molecular weight excluding hydrogens is 437 g/mol. The second-order valence-electron chi connectivity index (χ2n) is 8.85. The molecule has 180 valence electrons. The fourth-order valence-electron chi connectivity index (χ4n) is 4.72. The Balaban J connectivity index is 1.45. The monoisotopic (exact) mass is 467 g/mol. The normalized spacial score (nSPS) is 17.4. The molecule has 8 heteroatoms. The van der Waals surface area contributed by atoms with E-state index in [1.807, 2.05) is 4.90 Å². The highest BCUT2D eigenvalue weighted by atomic mass is 19.1. The SMILES string of the molecule is COc1ccc(C(=O)NC(C(=O)N2CCCC2)C2CCN(C(=O)c3cccc(F)c3)CC2)cc1. The summed E-state index contributed by atoms with van der Waals surface area (Å²) in [5.41, 5.74) is 0.773. The highest BCUT2D eigenvalue weighted by Crippen LogP contribution is 2.25. The van der Waals surface area contributed by atoms with E-state index in [2.05, 4.69) is 5.32 Å². The molecule has 4 rings (SSSR count). The number of nitrogens with zero attached hydrogens (tertiary/aromatic N) is 2. The van der Waals surface area contributed by atoms with E-state index in [0.29, 0.717) is 55.9 Å². The summed E-state index contributed by atoms with van der Waals surface area (Å²) in [6, 6.07) is 11.8. The molecule has 1 unspecified atom stereocenters. The Kier molecular flexibility index (Phi) is 7.45. The predicted molar refractivity (Wildman–Crippen MR) is 125 cm³/mol. The molecule has 1 atom stereocenters. The number of rotatable bonds is 6. The van der Waals surface area contributed by atoms with Gasteiger partial charge in [0.15, 0.2) is 0 Å². The van der Waals surface area contributed by atoms with E-state index in [4.69, 9.17) is 4.74 Å². The smallest absolute Gasteiger partial charge is 0.253 e. The summed E-state index contributed by atoms with van der Waals surface area (Å²) in [6.07, 6.45) is 3.08. The van der Waals surface area contributed by atoms with Crippen LogP contribution < -0.4 is 10.1 Å². The molecule has 7 nitrogen and oxygen atoms in total. The maximum Gasteiger partial charge on any atom is 0.253 e. The van der Waals surface area contributed by atoms with Gasteiger partial charge >= 0.3 is 0 Å². The van der Waals surface area contributed by atoms with E-state index < -0.39 is 11.9 Å². The minimum Gasteiger partial charge on any atom is -0.497 e. The van der Waals surface area contributed by atoms with Gasteiger partial charge in [-0.25, -0.2) is 4.39 Å². The van der Waals surface area contributed by atoms with Gasteiger partial charge in [-0.05, 0) is 74.1 Å². The fourth-order valence-corrected chi connectivity index (χ4v) is 4.72. The molecule has 2 saturated heterocycles. The van der Waals surface area contributed by atoms with Gasteiger partial charge in [0.05, 0.1) is 7.11 Å². The number of carbonyl (C=O) groups excluding carboxylic acids is 3. The van der Waals surface area contributed by atoms with Crippen molar-refractivity contribution in [2.45, 2.75) is 31.7 Å². The highest BCUT2D eigenvalue weighted by molar-refractivity contribution is 5.98. The van der Waals surface area contributed by atoms with Gasteiger partial charge in [-0.3, -0.25) is 14.4 Å². The summed E-state index contributed by atoms with van der Waals surface area (Å²) in [7, 11) is 1.56. The number of carbonyl (C=O) groups is 3. The number of hydrogen-bond acceptors (Lipinski definition) is 4. The Morgan fingerprint density at radius 1 is 0.941 bits per heavy atom. The summed E-state index contributed by atoms with van der Waals surface area (Å²) < 4.78 is 18.7. The number of halogens is 1. The Hall–Kier alpha value is -3.42. The zero-order valence-electron chi connectivity index (χ0n) is 19.3. The predicted octanol–water partition coefficient (Wildman–Crippen LogP) is 3.11. The molecule has 3 amide bonds. The summed E-state index contributed by atoms with van der Waals surface area (Å²) in [5, 5.41) is 2.98. The van der Waals surface area contributed by atoms with Gasteiger partial charge in [-0.1, -0.05) is 6.07 Å². The maximum absolute atomic E-state index is 13.5. The number of likely N-dealkylation sites (tertiary alicyclic amines) is 2. The average molecular weight is 468 g/mol. The van der Waals surface area contributed by atoms with Crippen LogP contribution in [0.2, 0.25) is 0 Å². The van der Waals surface area contributed by atoms with Crippen molar-refractivity contribution in [3.05, 3.63) is 65.5 Å². The number of hydrogen-bond donors (Lipinski definition) is 1. The van der Waals surface area contributed by atoms with Crippen molar-refractivity contribution in [3.63, 3.8) is 0 Å². The molecule has 34 heavy (non-hydrogen) atoms. The van der Waals surface area contributed by atoms with Gasteiger partial charge in [-0.2, -0.15) is 0 Å². The third-order valence-electron chi connectivity index (χ3n) is 6.69. The molecule has 2 fully saturated rings. The van der Waals surface area contributed by atoms with E-state index in [-0.39, 0.29) is 23.6 Å². The van der Waals surface area contributed by atoms with Gasteiger partial charge in [0.2, 0.25) is 5.91 Å². The van der Waals surface area contributed by atoms with Crippen LogP contribution in [0.3, 0.4) is 0 Å². The first-order valence-electron chi connectivity index (χ1n) is 11.7. The van der Waals surface area contributed by atoms with Crippen molar-refractivity contribution in [1.82, 2.24) is 15.1 Å². The van der Waals surface area contributed by atoms with Gasteiger partial charge in [0.25, 0.3) is 11.8 Å². The quantitative estimate of drug-likeness (QED) is 0.708. The van der Waals surface area contributed by atoms with Crippen LogP contribution in [0.5, 0.6) is 5.75 Å². The lowest BCUT2D eigenvalue weighted by Gasteiger charge is -2.37. The number of nitrogens with one attached hydrogen (secondary N) is 1. The largest absolute Gasteiger partial charge is 0.497 e. The van der Waals surface area contributed by atoms with E-state index in [1.165, 1.54) is 18.2 Å². The van der Waals surface area contributed by atoms with Crippen molar-refractivity contribution >= 4 is 17.7 Å². The topological polar surface area (TPSA) is 79.0 Å². The van der Waals surface area contributed by atoms with Gasteiger partial charge in [-0.15, -0.1) is 0 Å². The highest BCUT2D eigenvalue weighted by Gasteiger charge is 2.37. The van der Waals surface area contributed by atoms with E-state index >= 15 is 0 Å². The number of benzene rings is 2. The van der Waals surface area contributed by atoms with Crippen molar-refractivity contribution < 1.29 is 23.5 Å². The lowest BCUT2D eigenvalue weighted by atomic mass is 9.88. The van der Waals surface area contributed by atoms with Crippen LogP contribution in [0.1, 0.15) is 46.4 Å². The van der Waals surface area contributed by atoms with E-state index in [9.17, 15) is 18.8 Å². The van der Waals surface area contributed by atoms with Gasteiger partial charge < -0.3 is 19.9 Å². The summed E-state index contributed by atoms with van der Waals surface area (Å²) in [4.78, 5) is 42.6. The van der Waals surface area contributed by atoms with Crippen LogP contribution in [0.4, 0.5) is 4.39 Å². The Morgan fingerprint density at radius 3 is 2.24 bits per heavy atom. The fraction of sp³-hybridized carbons (Fsp3) is 0.423. The molecule has 2 aromatic rings. The molecule has 2 aliphatic rings. The molecule has 2 aromatic carbocycles. The lowest BCUT2D eigenvalue weighted by molar-refractivity contribution is -0.134. The van der Waals surface area contributed by atoms with Crippen LogP contribution in [0, 0.1) is 11.7 Å². The van der Waals surface area contributed by atoms with Crippen molar-refractivity contribution in [3.8, 4) is 5.75 Å². The average Bonchev–Trinajstić information content (AvgIpc) is 3.42. The molecule has 2 aliphatic heterocycles. The van der Waals surface area contributed by atoms with E-state index in [0.717, 1.165) is 12.8 Å². The molecule has 1 N–H and O–H groups in total. The molecule has 0 aliphatic carbocycles. The summed E-state index contributed by atoms with van der Waals surface area (Å²) in [5.74, 6) is -0.475. The zero-order chi connectivity index (χ0) is 24.1. The van der Waals surface area contributed by atoms with Crippen LogP contribution in [0.15, 0.2) is 48.5 Å². The second-order valence-corrected chi connectivity index (χ2v) is 8.85. The van der Waals surface area contributed by atoms with Gasteiger partial charge in [0.1, 0.15) is 17.6 Å². The molecule has 0 aromatic heterocycles. The molecule has 0 saturated carbocycles. The zero-order valence-corrected chi connectivity index (χ0v) is 19.3. The Morgan fingerprint density at radius 2 is 1.62 bits per heavy atom. The van der Waals surface area contributed by atoms with Crippen LogP contribution in [0.25, 0.3) is 0 Å². The molecular formula is C26H30FN3O4. The number of amides is 3. The minimum absolute atomic E-state index is 0.0609. The first-order valence-corrected chi connectivity index (χ1v) is 11.7. The maximum atomic E-state index is 13.5. The first-order chi connectivity index (χ1) is 16.5. The van der Waals surface area contributed by atoms with Gasteiger partial charge in [0, 0.05) is 37.3 Å². The molecule has 0 bridgehead atoms. The Labute approximate surface area is 198 Å². The minimum atomic E-state index is -0.654. The third kappa shape index (κ3) is 5.38. The molecule has 0 spiro atoms. The lowest BCUT2D eigenvalue weighted by Crippen LogP contribution is -2.54. The van der Waals surface area contributed by atoms with Crippen molar-refractivity contribution in [2.75, 3.05) is 33.3 Å². The number of piperidine rings is 1. The third-order valence-corrected chi connectivity index (χ3v) is 6.69. The second kappa shape index (κ2) is 10.7. The van der Waals surface area contributed by atoms with E-state index in [1.54, 1.807) is 42.3 Å². The van der Waals surface area contributed by atoms with Crippen LogP contribution in [-0.4, -0.2) is 66.9 Å². The first kappa shape index (κ1) is 23.7. The van der Waals surface area contributed by atoms with Crippen LogP contribution >= 0.6 is 0 Å². The standard InChI is InChI=1S/C26H30FN3O4/c1-34-22-9-7-19(8-10-22)24(31)28-23(26(33)29-13-2-3-14-29)18-11-15-30(16-12-18)25(32)20-5-4-6-21(27)17-20/h4-10,17-18,23H,2-3,11-16H2,1H3,(H,28,31). The summed E-state index contributed by atoms with van der Waals surface area (Å²) in [6.45, 7) is 2.29. The molecule has 2 heterocycles.